The molecule has 2 aromatic heterocycles. The van der Waals surface area contributed by atoms with Crippen LogP contribution in [0.25, 0.3) is 22.0 Å². The van der Waals surface area contributed by atoms with Crippen LogP contribution in [-0.2, 0) is 12.8 Å². The third-order valence-electron chi connectivity index (χ3n) is 4.48. The Kier molecular flexibility index (Phi) is 6.26. The van der Waals surface area contributed by atoms with Crippen molar-refractivity contribution >= 4 is 34.7 Å². The van der Waals surface area contributed by atoms with Crippen molar-refractivity contribution in [2.45, 2.75) is 10.9 Å². The highest BCUT2D eigenvalue weighted by molar-refractivity contribution is 7.98. The predicted octanol–water partition coefficient (Wildman–Crippen LogP) is 5.57. The molecular formula is C21H19ClN4O2S2. The minimum atomic E-state index is 0.696. The van der Waals surface area contributed by atoms with E-state index >= 15 is 0 Å². The zero-order valence-corrected chi connectivity index (χ0v) is 19.0. The van der Waals surface area contributed by atoms with E-state index < -0.39 is 0 Å². The largest absolute Gasteiger partial charge is 0.497 e. The first-order chi connectivity index (χ1) is 14.6. The molecule has 0 fully saturated rings. The molecule has 0 bridgehead atoms. The fourth-order valence-electron chi connectivity index (χ4n) is 2.90. The second-order valence-electron chi connectivity index (χ2n) is 6.37. The van der Waals surface area contributed by atoms with E-state index in [9.17, 15) is 0 Å². The van der Waals surface area contributed by atoms with E-state index in [4.69, 9.17) is 26.1 Å². The molecule has 0 unspecified atom stereocenters. The van der Waals surface area contributed by atoms with E-state index in [2.05, 4.69) is 15.6 Å². The average molecular weight is 459 g/mol. The molecule has 4 aromatic rings. The molecule has 0 saturated heterocycles. The molecule has 2 heterocycles. The first-order valence-electron chi connectivity index (χ1n) is 9.04. The number of methoxy groups -OCH3 is 2. The van der Waals surface area contributed by atoms with Gasteiger partial charge in [0, 0.05) is 34.8 Å². The van der Waals surface area contributed by atoms with Crippen LogP contribution in [0.1, 0.15) is 5.69 Å². The van der Waals surface area contributed by atoms with Gasteiger partial charge in [-0.1, -0.05) is 23.4 Å². The SMILES string of the molecule is COc1ccc(-c2nc(CSc3nnc(-c4ccc(Cl)cc4)n3C)cs2)c(OC)c1. The van der Waals surface area contributed by atoms with Crippen molar-refractivity contribution in [3.63, 3.8) is 0 Å². The number of benzene rings is 2. The smallest absolute Gasteiger partial charge is 0.191 e. The molecule has 6 nitrogen and oxygen atoms in total. The number of hydrogen-bond acceptors (Lipinski definition) is 7. The van der Waals surface area contributed by atoms with Crippen LogP contribution in [0.3, 0.4) is 0 Å². The van der Waals surface area contributed by atoms with Crippen LogP contribution in [0.5, 0.6) is 11.5 Å². The Labute approximate surface area is 187 Å². The van der Waals surface area contributed by atoms with E-state index in [-0.39, 0.29) is 0 Å². The normalized spacial score (nSPS) is 10.9. The molecule has 0 aliphatic heterocycles. The van der Waals surface area contributed by atoms with Gasteiger partial charge in [0.15, 0.2) is 11.0 Å². The second kappa shape index (κ2) is 9.07. The Morgan fingerprint density at radius 2 is 1.87 bits per heavy atom. The number of nitrogens with zero attached hydrogens (tertiary/aromatic N) is 4. The van der Waals surface area contributed by atoms with E-state index in [1.165, 1.54) is 0 Å². The summed E-state index contributed by atoms with van der Waals surface area (Å²) < 4.78 is 12.7. The van der Waals surface area contributed by atoms with Crippen molar-refractivity contribution in [1.82, 2.24) is 19.7 Å². The third kappa shape index (κ3) is 4.30. The summed E-state index contributed by atoms with van der Waals surface area (Å²) in [6, 6.07) is 13.3. The number of aromatic nitrogens is 4. The number of thioether (sulfide) groups is 1. The van der Waals surface area contributed by atoms with Gasteiger partial charge in [-0.3, -0.25) is 0 Å². The number of rotatable bonds is 7. The van der Waals surface area contributed by atoms with Crippen molar-refractivity contribution < 1.29 is 9.47 Å². The van der Waals surface area contributed by atoms with Gasteiger partial charge in [-0.2, -0.15) is 0 Å². The van der Waals surface area contributed by atoms with Gasteiger partial charge < -0.3 is 14.0 Å². The Hall–Kier alpha value is -2.55. The standard InChI is InChI=1S/C21H19ClN4O2S2/c1-26-19(13-4-6-14(22)7-5-13)24-25-21(26)30-12-15-11-29-20(23-15)17-9-8-16(27-2)10-18(17)28-3/h4-11H,12H2,1-3H3. The average Bonchev–Trinajstić information content (AvgIpc) is 3.39. The minimum Gasteiger partial charge on any atom is -0.497 e. The Bertz CT molecular complexity index is 1160. The quantitative estimate of drug-likeness (QED) is 0.337. The lowest BCUT2D eigenvalue weighted by atomic mass is 10.2. The molecule has 0 radical (unpaired) electrons. The first-order valence-corrected chi connectivity index (χ1v) is 11.3. The molecule has 0 atom stereocenters. The van der Waals surface area contributed by atoms with Gasteiger partial charge in [-0.05, 0) is 36.4 Å². The van der Waals surface area contributed by atoms with Crippen LogP contribution < -0.4 is 9.47 Å². The summed E-state index contributed by atoms with van der Waals surface area (Å²) in [5, 5.41) is 13.1. The molecule has 4 rings (SSSR count). The molecule has 0 N–H and O–H groups in total. The summed E-state index contributed by atoms with van der Waals surface area (Å²) in [6.45, 7) is 0. The Morgan fingerprint density at radius 3 is 2.60 bits per heavy atom. The highest BCUT2D eigenvalue weighted by atomic mass is 35.5. The van der Waals surface area contributed by atoms with Crippen molar-refractivity contribution in [2.24, 2.45) is 7.05 Å². The summed E-state index contributed by atoms with van der Waals surface area (Å²) in [5.41, 5.74) is 2.90. The highest BCUT2D eigenvalue weighted by Gasteiger charge is 2.14. The molecule has 154 valence electrons. The maximum atomic E-state index is 5.98. The summed E-state index contributed by atoms with van der Waals surface area (Å²) in [4.78, 5) is 4.77. The maximum Gasteiger partial charge on any atom is 0.191 e. The van der Waals surface area contributed by atoms with Crippen molar-refractivity contribution in [3.8, 4) is 33.5 Å². The number of ether oxygens (including phenoxy) is 2. The molecule has 30 heavy (non-hydrogen) atoms. The number of hydrogen-bond donors (Lipinski definition) is 0. The monoisotopic (exact) mass is 458 g/mol. The van der Waals surface area contributed by atoms with Gasteiger partial charge in [0.2, 0.25) is 0 Å². The van der Waals surface area contributed by atoms with Gasteiger partial charge in [0.1, 0.15) is 16.5 Å². The van der Waals surface area contributed by atoms with Crippen molar-refractivity contribution in [1.29, 1.82) is 0 Å². The maximum absolute atomic E-state index is 5.98. The fourth-order valence-corrected chi connectivity index (χ4v) is 4.79. The predicted molar refractivity (Wildman–Crippen MR) is 122 cm³/mol. The van der Waals surface area contributed by atoms with Gasteiger partial charge in [-0.15, -0.1) is 21.5 Å². The Morgan fingerprint density at radius 1 is 1.07 bits per heavy atom. The van der Waals surface area contributed by atoms with E-state index in [1.54, 1.807) is 37.3 Å². The van der Waals surface area contributed by atoms with Crippen LogP contribution in [0, 0.1) is 0 Å². The topological polar surface area (TPSA) is 62.1 Å². The van der Waals surface area contributed by atoms with Crippen LogP contribution in [0.15, 0.2) is 53.0 Å². The molecule has 0 aliphatic rings. The lowest BCUT2D eigenvalue weighted by Gasteiger charge is -2.08. The zero-order valence-electron chi connectivity index (χ0n) is 16.6. The Balaban J connectivity index is 1.49. The first kappa shape index (κ1) is 20.7. The van der Waals surface area contributed by atoms with Crippen LogP contribution >= 0.6 is 34.7 Å². The highest BCUT2D eigenvalue weighted by Crippen LogP contribution is 2.36. The molecule has 0 aliphatic carbocycles. The van der Waals surface area contributed by atoms with Crippen molar-refractivity contribution in [3.05, 3.63) is 58.6 Å². The van der Waals surface area contributed by atoms with Gasteiger partial charge in [0.25, 0.3) is 0 Å². The van der Waals surface area contributed by atoms with E-state index in [1.807, 2.05) is 54.1 Å². The van der Waals surface area contributed by atoms with Gasteiger partial charge in [0.05, 0.1) is 25.5 Å². The van der Waals surface area contributed by atoms with Gasteiger partial charge >= 0.3 is 0 Å². The second-order valence-corrected chi connectivity index (χ2v) is 8.61. The lowest BCUT2D eigenvalue weighted by Crippen LogP contribution is -1.95. The molecule has 0 amide bonds. The molecule has 9 heteroatoms. The number of thiazole rings is 1. The summed E-state index contributed by atoms with van der Waals surface area (Å²) >= 11 is 9.16. The van der Waals surface area contributed by atoms with Gasteiger partial charge in [-0.25, -0.2) is 4.98 Å². The molecule has 0 spiro atoms. The summed E-state index contributed by atoms with van der Waals surface area (Å²) in [7, 11) is 5.24. The zero-order chi connectivity index (χ0) is 21.1. The minimum absolute atomic E-state index is 0.696. The molecule has 2 aromatic carbocycles. The summed E-state index contributed by atoms with van der Waals surface area (Å²) in [5.74, 6) is 2.99. The van der Waals surface area contributed by atoms with Crippen LogP contribution in [0.4, 0.5) is 0 Å². The lowest BCUT2D eigenvalue weighted by molar-refractivity contribution is 0.395. The third-order valence-corrected chi connectivity index (χ3v) is 6.71. The van der Waals surface area contributed by atoms with E-state index in [0.717, 1.165) is 44.3 Å². The molecule has 0 saturated carbocycles. The van der Waals surface area contributed by atoms with E-state index in [0.29, 0.717) is 10.8 Å². The van der Waals surface area contributed by atoms with Crippen LogP contribution in [0.2, 0.25) is 5.02 Å². The molecular weight excluding hydrogens is 440 g/mol. The number of halogens is 1. The van der Waals surface area contributed by atoms with Crippen LogP contribution in [-0.4, -0.2) is 34.0 Å². The fraction of sp³-hybridized carbons (Fsp3) is 0.190. The summed E-state index contributed by atoms with van der Waals surface area (Å²) in [6.07, 6.45) is 0. The van der Waals surface area contributed by atoms with Crippen molar-refractivity contribution in [2.75, 3.05) is 14.2 Å².